The van der Waals surface area contributed by atoms with Gasteiger partial charge in [-0.05, 0) is 30.3 Å². The first-order valence-electron chi connectivity index (χ1n) is 6.49. The molecule has 0 spiro atoms. The third-order valence-electron chi connectivity index (χ3n) is 3.03. The monoisotopic (exact) mass is 407 g/mol. The van der Waals surface area contributed by atoms with Gasteiger partial charge in [0.05, 0.1) is 15.7 Å². The zero-order valence-electron chi connectivity index (χ0n) is 12.0. The SMILES string of the molecule is NNC(=O)CN(c1ccccc1Cl)S(=O)(=O)c1cc(Cl)ccc1Cl. The lowest BCUT2D eigenvalue weighted by atomic mass is 10.3. The van der Waals surface area contributed by atoms with Crippen molar-refractivity contribution >= 4 is 56.4 Å². The molecule has 0 unspecified atom stereocenters. The topological polar surface area (TPSA) is 92.5 Å². The van der Waals surface area contributed by atoms with Crippen LogP contribution in [0.1, 0.15) is 0 Å². The molecule has 0 heterocycles. The number of amides is 1. The number of nitrogens with one attached hydrogen (secondary N) is 1. The van der Waals surface area contributed by atoms with Crippen LogP contribution in [0.3, 0.4) is 0 Å². The Morgan fingerprint density at radius 2 is 1.75 bits per heavy atom. The molecule has 24 heavy (non-hydrogen) atoms. The van der Waals surface area contributed by atoms with Gasteiger partial charge < -0.3 is 0 Å². The number of benzene rings is 2. The second-order valence-corrected chi connectivity index (χ2v) is 7.69. The Morgan fingerprint density at radius 1 is 1.08 bits per heavy atom. The summed E-state index contributed by atoms with van der Waals surface area (Å²) < 4.78 is 26.8. The Balaban J connectivity index is 2.64. The molecular weight excluding hydrogens is 397 g/mol. The fourth-order valence-corrected chi connectivity index (χ4v) is 4.39. The lowest BCUT2D eigenvalue weighted by Gasteiger charge is -2.25. The number of carbonyl (C=O) groups excluding carboxylic acids is 1. The summed E-state index contributed by atoms with van der Waals surface area (Å²) in [6, 6.07) is 10.2. The van der Waals surface area contributed by atoms with Gasteiger partial charge in [0, 0.05) is 5.02 Å². The molecule has 0 aromatic heterocycles. The van der Waals surface area contributed by atoms with Gasteiger partial charge in [-0.3, -0.25) is 14.5 Å². The fourth-order valence-electron chi connectivity index (χ4n) is 1.92. The van der Waals surface area contributed by atoms with E-state index in [-0.39, 0.29) is 25.7 Å². The van der Waals surface area contributed by atoms with E-state index < -0.39 is 22.5 Å². The van der Waals surface area contributed by atoms with Crippen LogP contribution in [0.5, 0.6) is 0 Å². The van der Waals surface area contributed by atoms with Crippen molar-refractivity contribution in [2.45, 2.75) is 4.90 Å². The highest BCUT2D eigenvalue weighted by molar-refractivity contribution is 7.93. The number of para-hydroxylation sites is 1. The van der Waals surface area contributed by atoms with E-state index in [9.17, 15) is 13.2 Å². The van der Waals surface area contributed by atoms with E-state index in [1.165, 1.54) is 30.3 Å². The molecule has 2 aromatic rings. The van der Waals surface area contributed by atoms with Gasteiger partial charge in [-0.2, -0.15) is 0 Å². The molecule has 0 bridgehead atoms. The summed E-state index contributed by atoms with van der Waals surface area (Å²) >= 11 is 18.0. The summed E-state index contributed by atoms with van der Waals surface area (Å²) in [4.78, 5) is 11.4. The van der Waals surface area contributed by atoms with Crippen LogP contribution in [0.4, 0.5) is 5.69 Å². The van der Waals surface area contributed by atoms with Crippen molar-refractivity contribution in [1.82, 2.24) is 5.43 Å². The number of nitrogens with zero attached hydrogens (tertiary/aromatic N) is 1. The normalized spacial score (nSPS) is 11.2. The number of anilines is 1. The maximum atomic E-state index is 13.0. The Labute approximate surface area is 154 Å². The van der Waals surface area contributed by atoms with E-state index in [2.05, 4.69) is 0 Å². The molecule has 0 aliphatic carbocycles. The van der Waals surface area contributed by atoms with Gasteiger partial charge in [0.15, 0.2) is 0 Å². The average Bonchev–Trinajstić information content (AvgIpc) is 2.55. The molecule has 3 N–H and O–H groups in total. The van der Waals surface area contributed by atoms with Gasteiger partial charge in [-0.15, -0.1) is 0 Å². The minimum absolute atomic E-state index is 0.0374. The number of carbonyl (C=O) groups is 1. The number of halogens is 3. The molecule has 2 aromatic carbocycles. The van der Waals surface area contributed by atoms with Crippen molar-refractivity contribution < 1.29 is 13.2 Å². The van der Waals surface area contributed by atoms with Crippen molar-refractivity contribution in [2.24, 2.45) is 5.84 Å². The zero-order valence-corrected chi connectivity index (χ0v) is 15.1. The molecular formula is C14H12Cl3N3O3S. The van der Waals surface area contributed by atoms with Gasteiger partial charge in [0.25, 0.3) is 15.9 Å². The van der Waals surface area contributed by atoms with Crippen LogP contribution in [0, 0.1) is 0 Å². The third-order valence-corrected chi connectivity index (χ3v) is 5.83. The number of rotatable bonds is 5. The number of nitrogens with two attached hydrogens (primary N) is 1. The first-order valence-corrected chi connectivity index (χ1v) is 9.06. The highest BCUT2D eigenvalue weighted by Gasteiger charge is 2.30. The zero-order chi connectivity index (χ0) is 17.9. The summed E-state index contributed by atoms with van der Waals surface area (Å²) in [7, 11) is -4.22. The molecule has 128 valence electrons. The molecule has 0 saturated carbocycles. The molecule has 0 fully saturated rings. The van der Waals surface area contributed by atoms with E-state index >= 15 is 0 Å². The standard InChI is InChI=1S/C14H12Cl3N3O3S/c15-9-5-6-11(17)13(7-9)24(22,23)20(8-14(21)19-18)12-4-2-1-3-10(12)16/h1-7H,8,18H2,(H,19,21). The van der Waals surface area contributed by atoms with E-state index in [0.29, 0.717) is 0 Å². The summed E-state index contributed by atoms with van der Waals surface area (Å²) in [5.41, 5.74) is 2.00. The second-order valence-electron chi connectivity index (χ2n) is 4.61. The minimum Gasteiger partial charge on any atom is -0.293 e. The lowest BCUT2D eigenvalue weighted by molar-refractivity contribution is -0.119. The van der Waals surface area contributed by atoms with Crippen LogP contribution in [-0.2, 0) is 14.8 Å². The molecule has 0 atom stereocenters. The summed E-state index contributed by atoms with van der Waals surface area (Å²) in [6.07, 6.45) is 0. The summed E-state index contributed by atoms with van der Waals surface area (Å²) in [6.45, 7) is -0.578. The number of hydrogen-bond donors (Lipinski definition) is 2. The van der Waals surface area contributed by atoms with Crippen molar-refractivity contribution in [3.63, 3.8) is 0 Å². The van der Waals surface area contributed by atoms with Gasteiger partial charge in [-0.1, -0.05) is 46.9 Å². The molecule has 0 aliphatic rings. The molecule has 0 radical (unpaired) electrons. The van der Waals surface area contributed by atoms with E-state index in [0.717, 1.165) is 4.31 Å². The van der Waals surface area contributed by atoms with Gasteiger partial charge in [0.2, 0.25) is 0 Å². The summed E-state index contributed by atoms with van der Waals surface area (Å²) in [5, 5.41) is 0.286. The molecule has 2 rings (SSSR count). The molecule has 0 aliphatic heterocycles. The smallest absolute Gasteiger partial charge is 0.266 e. The second kappa shape index (κ2) is 7.58. The minimum atomic E-state index is -4.22. The molecule has 6 nitrogen and oxygen atoms in total. The Bertz CT molecular complexity index is 875. The van der Waals surface area contributed by atoms with Crippen molar-refractivity contribution in [2.75, 3.05) is 10.8 Å². The molecule has 0 saturated heterocycles. The number of sulfonamides is 1. The predicted octanol–water partition coefficient (Wildman–Crippen LogP) is 2.83. The maximum absolute atomic E-state index is 13.0. The highest BCUT2D eigenvalue weighted by atomic mass is 35.5. The van der Waals surface area contributed by atoms with Crippen LogP contribution >= 0.6 is 34.8 Å². The summed E-state index contributed by atoms with van der Waals surface area (Å²) in [5.74, 6) is 4.35. The van der Waals surface area contributed by atoms with Gasteiger partial charge >= 0.3 is 0 Å². The Morgan fingerprint density at radius 3 is 2.38 bits per heavy atom. The van der Waals surface area contributed by atoms with Crippen LogP contribution in [0.2, 0.25) is 15.1 Å². The quantitative estimate of drug-likeness (QED) is 0.452. The number of hydrazine groups is 1. The lowest BCUT2D eigenvalue weighted by Crippen LogP contribution is -2.43. The predicted molar refractivity (Wildman–Crippen MR) is 94.8 cm³/mol. The van der Waals surface area contributed by atoms with Gasteiger partial charge in [-0.25, -0.2) is 14.3 Å². The van der Waals surface area contributed by atoms with Crippen LogP contribution in [-0.4, -0.2) is 20.9 Å². The number of hydrogen-bond acceptors (Lipinski definition) is 4. The molecule has 1 amide bonds. The van der Waals surface area contributed by atoms with Crippen molar-refractivity contribution in [3.8, 4) is 0 Å². The van der Waals surface area contributed by atoms with Crippen LogP contribution < -0.4 is 15.6 Å². The van der Waals surface area contributed by atoms with E-state index in [1.807, 2.05) is 5.43 Å². The Kier molecular flexibility index (Phi) is 5.95. The van der Waals surface area contributed by atoms with Crippen LogP contribution in [0.25, 0.3) is 0 Å². The van der Waals surface area contributed by atoms with Crippen molar-refractivity contribution in [3.05, 3.63) is 57.5 Å². The van der Waals surface area contributed by atoms with Crippen LogP contribution in [0.15, 0.2) is 47.4 Å². The maximum Gasteiger partial charge on any atom is 0.266 e. The Hall–Kier alpha value is -1.51. The highest BCUT2D eigenvalue weighted by Crippen LogP contribution is 2.33. The first kappa shape index (κ1) is 18.8. The first-order chi connectivity index (χ1) is 11.3. The largest absolute Gasteiger partial charge is 0.293 e. The average molecular weight is 409 g/mol. The molecule has 10 heteroatoms. The van der Waals surface area contributed by atoms with E-state index in [4.69, 9.17) is 40.6 Å². The van der Waals surface area contributed by atoms with Gasteiger partial charge in [0.1, 0.15) is 11.4 Å². The third kappa shape index (κ3) is 3.93. The van der Waals surface area contributed by atoms with E-state index in [1.54, 1.807) is 12.1 Å². The fraction of sp³-hybridized carbons (Fsp3) is 0.0714. The van der Waals surface area contributed by atoms with Crippen molar-refractivity contribution in [1.29, 1.82) is 0 Å².